The fourth-order valence-electron chi connectivity index (χ4n) is 3.19. The Kier molecular flexibility index (Phi) is 5.69. The summed E-state index contributed by atoms with van der Waals surface area (Å²) in [6.45, 7) is 0.588. The van der Waals surface area contributed by atoms with Gasteiger partial charge in [0.2, 0.25) is 0 Å². The molecule has 3 aromatic rings. The number of halogens is 2. The van der Waals surface area contributed by atoms with Gasteiger partial charge in [-0.05, 0) is 42.5 Å². The molecule has 1 aliphatic rings. The van der Waals surface area contributed by atoms with Gasteiger partial charge in [0.05, 0.1) is 39.1 Å². The van der Waals surface area contributed by atoms with Crippen LogP contribution < -0.4 is 16.1 Å². The number of piperidine rings is 1. The van der Waals surface area contributed by atoms with E-state index in [0.29, 0.717) is 27.3 Å². The normalized spacial score (nSPS) is 18.4. The zero-order chi connectivity index (χ0) is 20.5. The van der Waals surface area contributed by atoms with E-state index in [2.05, 4.69) is 15.5 Å². The highest BCUT2D eigenvalue weighted by atomic mass is 35.5. The number of ketones is 1. The number of aromatic nitrogens is 1. The number of nitrogens with two attached hydrogens (primary N) is 1. The van der Waals surface area contributed by atoms with E-state index in [-0.39, 0.29) is 17.4 Å². The molecule has 6 nitrogen and oxygen atoms in total. The molecule has 1 aliphatic heterocycles. The molecule has 148 valence electrons. The van der Waals surface area contributed by atoms with Gasteiger partial charge in [-0.25, -0.2) is 4.98 Å². The van der Waals surface area contributed by atoms with Crippen molar-refractivity contribution in [2.75, 3.05) is 18.0 Å². The number of hydrogen-bond donors (Lipinski definition) is 2. The van der Waals surface area contributed by atoms with Crippen LogP contribution in [0.5, 0.6) is 0 Å². The van der Waals surface area contributed by atoms with Crippen LogP contribution >= 0.6 is 46.8 Å². The number of benzene rings is 2. The number of thiazole rings is 1. The van der Waals surface area contributed by atoms with Crippen molar-refractivity contribution in [2.45, 2.75) is 5.92 Å². The van der Waals surface area contributed by atoms with Crippen molar-refractivity contribution in [3.05, 3.63) is 57.5 Å². The molecule has 1 aromatic heterocycles. The smallest absolute Gasteiger partial charge is 0.184 e. The molecule has 10 heteroatoms. The Hall–Kier alpha value is -2.26. The first-order chi connectivity index (χ1) is 13.9. The molecule has 2 heterocycles. The summed E-state index contributed by atoms with van der Waals surface area (Å²) in [4.78, 5) is 19.7. The fraction of sp³-hybridized carbons (Fsp3) is 0.158. The fourth-order valence-corrected chi connectivity index (χ4v) is 4.65. The zero-order valence-corrected chi connectivity index (χ0v) is 18.1. The number of anilines is 1. The number of para-hydroxylation sites is 1. The lowest BCUT2D eigenvalue weighted by Crippen LogP contribution is -2.47. The number of hydrogen-bond acceptors (Lipinski definition) is 6. The van der Waals surface area contributed by atoms with Crippen molar-refractivity contribution in [1.82, 2.24) is 10.4 Å². The van der Waals surface area contributed by atoms with E-state index in [0.717, 1.165) is 15.9 Å². The Morgan fingerprint density at radius 3 is 2.76 bits per heavy atom. The molecule has 0 aliphatic carbocycles. The molecule has 0 spiro atoms. The molecule has 2 aromatic carbocycles. The second-order valence-corrected chi connectivity index (χ2v) is 8.77. The molecule has 1 fully saturated rings. The van der Waals surface area contributed by atoms with Crippen LogP contribution in [0.25, 0.3) is 10.2 Å². The zero-order valence-electron chi connectivity index (χ0n) is 14.9. The third-order valence-electron chi connectivity index (χ3n) is 4.49. The summed E-state index contributed by atoms with van der Waals surface area (Å²) in [6, 6.07) is 13.0. The maximum atomic E-state index is 13.2. The monoisotopic (exact) mass is 463 g/mol. The average molecular weight is 464 g/mol. The molecule has 0 unspecified atom stereocenters. The van der Waals surface area contributed by atoms with Gasteiger partial charge in [0.25, 0.3) is 0 Å². The minimum atomic E-state index is -0.562. The summed E-state index contributed by atoms with van der Waals surface area (Å²) in [7, 11) is 0. The van der Waals surface area contributed by atoms with Crippen molar-refractivity contribution in [2.24, 2.45) is 10.8 Å². The molecule has 0 radical (unpaired) electrons. The van der Waals surface area contributed by atoms with Gasteiger partial charge < -0.3 is 10.6 Å². The highest BCUT2D eigenvalue weighted by molar-refractivity contribution is 7.80. The van der Waals surface area contributed by atoms with E-state index in [4.69, 9.17) is 41.2 Å². The second-order valence-electron chi connectivity index (χ2n) is 6.45. The molecule has 3 N–H and O–H groups in total. The molecular weight excluding hydrogens is 449 g/mol. The number of Topliss-reactive ketones (excluding diaryl/α,β-unsaturated/α-hetero) is 1. The van der Waals surface area contributed by atoms with Gasteiger partial charge in [-0.2, -0.15) is 5.10 Å². The standard InChI is InChI=1S/C19H15Cl2N5OS2/c20-11-6-5-10(7-12(11)21)26-8-14(24-25-19(22)28)17(15(27)9-26)18-23-13-3-1-2-4-16(13)29-18/h1-7,17H,8-9H2,(H3,22,25,28)/b24-14-/t17-/m0/s1. The van der Waals surface area contributed by atoms with Crippen molar-refractivity contribution < 1.29 is 4.79 Å². The van der Waals surface area contributed by atoms with Crippen molar-refractivity contribution in [3.8, 4) is 0 Å². The van der Waals surface area contributed by atoms with Crippen LogP contribution in [-0.4, -0.2) is 34.7 Å². The van der Waals surface area contributed by atoms with E-state index in [1.807, 2.05) is 35.2 Å². The van der Waals surface area contributed by atoms with Gasteiger partial charge in [0, 0.05) is 5.69 Å². The number of nitrogens with zero attached hydrogens (tertiary/aromatic N) is 3. The average Bonchev–Trinajstić information content (AvgIpc) is 3.11. The largest absolute Gasteiger partial charge is 0.375 e. The molecule has 4 rings (SSSR count). The number of fused-ring (bicyclic) bond motifs is 1. The third kappa shape index (κ3) is 4.20. The van der Waals surface area contributed by atoms with Crippen LogP contribution in [0.3, 0.4) is 0 Å². The minimum absolute atomic E-state index is 0.0233. The van der Waals surface area contributed by atoms with Gasteiger partial charge >= 0.3 is 0 Å². The van der Waals surface area contributed by atoms with Crippen molar-refractivity contribution >= 4 is 79.3 Å². The lowest BCUT2D eigenvalue weighted by Gasteiger charge is -2.33. The van der Waals surface area contributed by atoms with Gasteiger partial charge in [0.1, 0.15) is 10.9 Å². The van der Waals surface area contributed by atoms with E-state index in [1.165, 1.54) is 11.3 Å². The summed E-state index contributed by atoms with van der Waals surface area (Å²) in [5.41, 5.74) is 10.4. The quantitative estimate of drug-likeness (QED) is 0.451. The first-order valence-electron chi connectivity index (χ1n) is 8.62. The van der Waals surface area contributed by atoms with Crippen molar-refractivity contribution in [1.29, 1.82) is 0 Å². The highest BCUT2D eigenvalue weighted by Crippen LogP contribution is 2.34. The maximum absolute atomic E-state index is 13.2. The number of carbonyl (C=O) groups is 1. The summed E-state index contributed by atoms with van der Waals surface area (Å²) in [5.74, 6) is -0.585. The topological polar surface area (TPSA) is 83.6 Å². The molecule has 0 saturated carbocycles. The Morgan fingerprint density at radius 1 is 1.24 bits per heavy atom. The van der Waals surface area contributed by atoms with Gasteiger partial charge in [-0.1, -0.05) is 35.3 Å². The van der Waals surface area contributed by atoms with Gasteiger partial charge in [-0.15, -0.1) is 11.3 Å². The Morgan fingerprint density at radius 2 is 2.03 bits per heavy atom. The predicted molar refractivity (Wildman–Crippen MR) is 123 cm³/mol. The van der Waals surface area contributed by atoms with Crippen LogP contribution in [0, 0.1) is 0 Å². The van der Waals surface area contributed by atoms with E-state index in [9.17, 15) is 4.79 Å². The number of nitrogens with one attached hydrogen (secondary N) is 1. The minimum Gasteiger partial charge on any atom is -0.375 e. The lowest BCUT2D eigenvalue weighted by molar-refractivity contribution is -0.118. The van der Waals surface area contributed by atoms with Crippen LogP contribution in [0.15, 0.2) is 47.6 Å². The summed E-state index contributed by atoms with van der Waals surface area (Å²) in [5, 5.41) is 5.93. The van der Waals surface area contributed by atoms with E-state index in [1.54, 1.807) is 12.1 Å². The number of carbonyl (C=O) groups excluding carboxylic acids is 1. The Balaban J connectivity index is 1.71. The molecule has 0 bridgehead atoms. The summed E-state index contributed by atoms with van der Waals surface area (Å²) >= 11 is 18.5. The van der Waals surface area contributed by atoms with Crippen LogP contribution in [0.4, 0.5) is 5.69 Å². The van der Waals surface area contributed by atoms with E-state index < -0.39 is 5.92 Å². The van der Waals surface area contributed by atoms with Crippen molar-refractivity contribution in [3.63, 3.8) is 0 Å². The molecular formula is C19H15Cl2N5OS2. The number of hydrazone groups is 1. The summed E-state index contributed by atoms with van der Waals surface area (Å²) < 4.78 is 1.02. The highest BCUT2D eigenvalue weighted by Gasteiger charge is 2.36. The molecule has 1 saturated heterocycles. The number of rotatable bonds is 3. The van der Waals surface area contributed by atoms with Crippen LogP contribution in [0.1, 0.15) is 10.9 Å². The first-order valence-corrected chi connectivity index (χ1v) is 10.6. The molecule has 1 atom stereocenters. The number of thiocarbonyl (C=S) groups is 1. The third-order valence-corrected chi connectivity index (χ3v) is 6.42. The second kappa shape index (κ2) is 8.23. The van der Waals surface area contributed by atoms with Gasteiger partial charge in [0.15, 0.2) is 10.9 Å². The first kappa shape index (κ1) is 20.0. The SMILES string of the molecule is NC(=S)N/N=C1/CN(c2ccc(Cl)c(Cl)c2)CC(=O)[C@H]1c1nc2ccccc2s1. The van der Waals surface area contributed by atoms with E-state index >= 15 is 0 Å². The van der Waals surface area contributed by atoms with Crippen LogP contribution in [-0.2, 0) is 4.79 Å². The molecule has 29 heavy (non-hydrogen) atoms. The Bertz CT molecular complexity index is 1110. The predicted octanol–water partition coefficient (Wildman–Crippen LogP) is 3.97. The van der Waals surface area contributed by atoms with Crippen LogP contribution in [0.2, 0.25) is 10.0 Å². The Labute approximate surface area is 186 Å². The summed E-state index contributed by atoms with van der Waals surface area (Å²) in [6.07, 6.45) is 0. The van der Waals surface area contributed by atoms with Gasteiger partial charge in [-0.3, -0.25) is 10.2 Å². The lowest BCUT2D eigenvalue weighted by atomic mass is 9.93. The maximum Gasteiger partial charge on any atom is 0.184 e. The molecule has 0 amide bonds.